The summed E-state index contributed by atoms with van der Waals surface area (Å²) in [6.07, 6.45) is 2.73. The van der Waals surface area contributed by atoms with Crippen molar-refractivity contribution in [2.45, 2.75) is 25.3 Å². The number of benzene rings is 2. The molecule has 1 saturated heterocycles. The third-order valence-electron chi connectivity index (χ3n) is 5.16. The maximum Gasteiger partial charge on any atom is 0.254 e. The lowest BCUT2D eigenvalue weighted by atomic mass is 10.0. The number of nitrogens with zero attached hydrogens (tertiary/aromatic N) is 3. The Labute approximate surface area is 169 Å². The van der Waals surface area contributed by atoms with Crippen molar-refractivity contribution in [3.63, 3.8) is 0 Å². The maximum atomic E-state index is 13.1. The molecule has 0 N–H and O–H groups in total. The molecule has 1 atom stereocenters. The van der Waals surface area contributed by atoms with Crippen molar-refractivity contribution >= 4 is 5.91 Å². The van der Waals surface area contributed by atoms with Crippen molar-refractivity contribution in [2.75, 3.05) is 20.8 Å². The van der Waals surface area contributed by atoms with Gasteiger partial charge in [0, 0.05) is 12.1 Å². The second-order valence-electron chi connectivity index (χ2n) is 6.87. The van der Waals surface area contributed by atoms with Gasteiger partial charge in [0.25, 0.3) is 5.91 Å². The van der Waals surface area contributed by atoms with Crippen molar-refractivity contribution in [3.8, 4) is 22.9 Å². The monoisotopic (exact) mass is 393 g/mol. The van der Waals surface area contributed by atoms with E-state index in [-0.39, 0.29) is 11.9 Å². The second kappa shape index (κ2) is 8.34. The van der Waals surface area contributed by atoms with E-state index >= 15 is 0 Å². The van der Waals surface area contributed by atoms with Crippen LogP contribution in [0.3, 0.4) is 0 Å². The van der Waals surface area contributed by atoms with Crippen LogP contribution in [0.1, 0.15) is 41.6 Å². The molecule has 2 aromatic carbocycles. The van der Waals surface area contributed by atoms with Crippen LogP contribution in [0, 0.1) is 0 Å². The van der Waals surface area contributed by atoms with E-state index < -0.39 is 0 Å². The van der Waals surface area contributed by atoms with Crippen molar-refractivity contribution < 1.29 is 18.8 Å². The zero-order valence-corrected chi connectivity index (χ0v) is 16.5. The van der Waals surface area contributed by atoms with Crippen molar-refractivity contribution in [1.82, 2.24) is 15.0 Å². The van der Waals surface area contributed by atoms with Gasteiger partial charge in [-0.3, -0.25) is 4.79 Å². The van der Waals surface area contributed by atoms with Gasteiger partial charge in [-0.25, -0.2) is 0 Å². The highest BCUT2D eigenvalue weighted by Gasteiger charge is 2.33. The first kappa shape index (κ1) is 19.0. The number of carbonyl (C=O) groups is 1. The summed E-state index contributed by atoms with van der Waals surface area (Å²) in [6, 6.07) is 14.5. The van der Waals surface area contributed by atoms with Crippen LogP contribution in [0.25, 0.3) is 11.4 Å². The van der Waals surface area contributed by atoms with Gasteiger partial charge < -0.3 is 18.9 Å². The van der Waals surface area contributed by atoms with Gasteiger partial charge in [-0.05, 0) is 43.5 Å². The van der Waals surface area contributed by atoms with Crippen molar-refractivity contribution in [2.24, 2.45) is 0 Å². The van der Waals surface area contributed by atoms with E-state index in [2.05, 4.69) is 10.1 Å². The summed E-state index contributed by atoms with van der Waals surface area (Å²) >= 11 is 0. The van der Waals surface area contributed by atoms with Crippen LogP contribution in [0.4, 0.5) is 0 Å². The fourth-order valence-corrected chi connectivity index (χ4v) is 3.72. The lowest BCUT2D eigenvalue weighted by Gasteiger charge is -2.33. The molecule has 7 nitrogen and oxygen atoms in total. The third-order valence-corrected chi connectivity index (χ3v) is 5.16. The molecule has 1 aliphatic rings. The fourth-order valence-electron chi connectivity index (χ4n) is 3.72. The zero-order chi connectivity index (χ0) is 20.2. The van der Waals surface area contributed by atoms with E-state index in [0.29, 0.717) is 40.9 Å². The molecule has 1 fully saturated rings. The van der Waals surface area contributed by atoms with Gasteiger partial charge in [-0.2, -0.15) is 4.98 Å². The average Bonchev–Trinajstić information content (AvgIpc) is 3.28. The summed E-state index contributed by atoms with van der Waals surface area (Å²) < 4.78 is 16.5. The molecule has 29 heavy (non-hydrogen) atoms. The molecular formula is C22H23N3O4. The topological polar surface area (TPSA) is 77.7 Å². The Hall–Kier alpha value is -3.35. The van der Waals surface area contributed by atoms with Gasteiger partial charge in [0.2, 0.25) is 11.7 Å². The van der Waals surface area contributed by atoms with Gasteiger partial charge in [-0.15, -0.1) is 0 Å². The van der Waals surface area contributed by atoms with Crippen LogP contribution >= 0.6 is 0 Å². The quantitative estimate of drug-likeness (QED) is 0.649. The molecule has 0 bridgehead atoms. The summed E-state index contributed by atoms with van der Waals surface area (Å²) in [5.74, 6) is 1.98. The highest BCUT2D eigenvalue weighted by Crippen LogP contribution is 2.38. The Bertz CT molecular complexity index is 964. The molecule has 4 rings (SSSR count). The predicted octanol–water partition coefficient (Wildman–Crippen LogP) is 4.12. The highest BCUT2D eigenvalue weighted by atomic mass is 16.5. The van der Waals surface area contributed by atoms with Crippen molar-refractivity contribution in [1.29, 1.82) is 0 Å². The molecule has 0 saturated carbocycles. The number of carbonyl (C=O) groups excluding carboxylic acids is 1. The Kier molecular flexibility index (Phi) is 5.46. The van der Waals surface area contributed by atoms with Crippen LogP contribution in [0.15, 0.2) is 53.1 Å². The molecule has 1 aliphatic heterocycles. The maximum absolute atomic E-state index is 13.1. The van der Waals surface area contributed by atoms with E-state index in [1.54, 1.807) is 14.2 Å². The number of ether oxygens (including phenoxy) is 2. The fraction of sp³-hybridized carbons (Fsp3) is 0.318. The summed E-state index contributed by atoms with van der Waals surface area (Å²) in [5, 5.41) is 4.16. The Morgan fingerprint density at radius 2 is 1.76 bits per heavy atom. The first-order chi connectivity index (χ1) is 14.2. The summed E-state index contributed by atoms with van der Waals surface area (Å²) in [4.78, 5) is 19.5. The largest absolute Gasteiger partial charge is 0.496 e. The molecule has 1 amide bonds. The number of piperidine rings is 1. The highest BCUT2D eigenvalue weighted by molar-refractivity contribution is 5.94. The van der Waals surface area contributed by atoms with E-state index in [0.717, 1.165) is 19.3 Å². The van der Waals surface area contributed by atoms with Gasteiger partial charge in [0.05, 0.1) is 14.2 Å². The molecule has 3 aromatic rings. The minimum atomic E-state index is -0.251. The van der Waals surface area contributed by atoms with Gasteiger partial charge >= 0.3 is 0 Å². The van der Waals surface area contributed by atoms with E-state index in [1.165, 1.54) is 0 Å². The Morgan fingerprint density at radius 3 is 2.45 bits per heavy atom. The minimum Gasteiger partial charge on any atom is -0.496 e. The van der Waals surface area contributed by atoms with Gasteiger partial charge in [-0.1, -0.05) is 29.4 Å². The van der Waals surface area contributed by atoms with E-state index in [9.17, 15) is 4.79 Å². The number of hydrogen-bond acceptors (Lipinski definition) is 6. The molecule has 0 unspecified atom stereocenters. The van der Waals surface area contributed by atoms with Crippen LogP contribution in [-0.2, 0) is 0 Å². The average molecular weight is 393 g/mol. The second-order valence-corrected chi connectivity index (χ2v) is 6.87. The van der Waals surface area contributed by atoms with Crippen LogP contribution in [0.5, 0.6) is 11.5 Å². The predicted molar refractivity (Wildman–Crippen MR) is 107 cm³/mol. The first-order valence-electron chi connectivity index (χ1n) is 9.64. The smallest absolute Gasteiger partial charge is 0.254 e. The number of aromatic nitrogens is 2. The lowest BCUT2D eigenvalue weighted by Crippen LogP contribution is -2.38. The summed E-state index contributed by atoms with van der Waals surface area (Å²) in [6.45, 7) is 0.661. The number of likely N-dealkylation sites (tertiary alicyclic amines) is 1. The zero-order valence-electron chi connectivity index (χ0n) is 16.5. The number of amides is 1. The molecule has 2 heterocycles. The molecular weight excluding hydrogens is 370 g/mol. The van der Waals surface area contributed by atoms with Crippen molar-refractivity contribution in [3.05, 3.63) is 60.0 Å². The first-order valence-corrected chi connectivity index (χ1v) is 9.64. The normalized spacial score (nSPS) is 16.5. The Balaban J connectivity index is 1.67. The third kappa shape index (κ3) is 3.68. The van der Waals surface area contributed by atoms with Crippen LogP contribution < -0.4 is 9.47 Å². The van der Waals surface area contributed by atoms with Gasteiger partial charge in [0.1, 0.15) is 23.1 Å². The number of hydrogen-bond donors (Lipinski definition) is 0. The lowest BCUT2D eigenvalue weighted by molar-refractivity contribution is 0.0561. The standard InChI is InChI=1S/C22H23N3O4/c1-27-17-12-8-13-18(28-2)19(17)20-23-21(29-24-20)16-11-6-7-14-25(16)22(26)15-9-4-3-5-10-15/h3-5,8-10,12-13,16H,6-7,11,14H2,1-2H3/t16-/m1/s1. The molecule has 150 valence electrons. The number of rotatable bonds is 5. The number of methoxy groups -OCH3 is 2. The Morgan fingerprint density at radius 1 is 1.03 bits per heavy atom. The summed E-state index contributed by atoms with van der Waals surface area (Å²) in [5.41, 5.74) is 1.29. The van der Waals surface area contributed by atoms with Crippen LogP contribution in [0.2, 0.25) is 0 Å². The molecule has 0 radical (unpaired) electrons. The van der Waals surface area contributed by atoms with E-state index in [1.807, 2.05) is 53.4 Å². The molecule has 0 spiro atoms. The van der Waals surface area contributed by atoms with Gasteiger partial charge in [0.15, 0.2) is 0 Å². The molecule has 7 heteroatoms. The van der Waals surface area contributed by atoms with Crippen LogP contribution in [-0.4, -0.2) is 41.7 Å². The summed E-state index contributed by atoms with van der Waals surface area (Å²) in [7, 11) is 3.17. The molecule has 0 aliphatic carbocycles. The minimum absolute atomic E-state index is 0.0232. The molecule has 1 aromatic heterocycles. The van der Waals surface area contributed by atoms with E-state index in [4.69, 9.17) is 14.0 Å². The SMILES string of the molecule is COc1cccc(OC)c1-c1noc([C@H]2CCCCN2C(=O)c2ccccc2)n1.